The third kappa shape index (κ3) is 2.51. The van der Waals surface area contributed by atoms with Crippen molar-refractivity contribution in [2.75, 3.05) is 5.32 Å². The largest absolute Gasteiger partial charge is 0.469 e. The highest BCUT2D eigenvalue weighted by molar-refractivity contribution is 5.98. The lowest BCUT2D eigenvalue weighted by Crippen LogP contribution is -2.23. The zero-order valence-electron chi connectivity index (χ0n) is 12.4. The van der Waals surface area contributed by atoms with E-state index >= 15 is 0 Å². The molecule has 0 bridgehead atoms. The normalized spacial score (nSPS) is 21.8. The highest BCUT2D eigenvalue weighted by Gasteiger charge is 2.29. The van der Waals surface area contributed by atoms with Gasteiger partial charge in [0.25, 0.3) is 0 Å². The van der Waals surface area contributed by atoms with E-state index in [1.165, 1.54) is 25.7 Å². The van der Waals surface area contributed by atoms with Crippen LogP contribution in [0.5, 0.6) is 0 Å². The van der Waals surface area contributed by atoms with Crippen LogP contribution in [0.1, 0.15) is 59.8 Å². The SMILES string of the molecule is O=C1C[C@H](c2ccco2)Cc2nc(NC3CCCC3)ncc21. The molecule has 2 heterocycles. The minimum absolute atomic E-state index is 0.0873. The molecule has 0 unspecified atom stereocenters. The molecule has 22 heavy (non-hydrogen) atoms. The molecular weight excluding hydrogens is 278 g/mol. The van der Waals surface area contributed by atoms with Crippen LogP contribution >= 0.6 is 0 Å². The summed E-state index contributed by atoms with van der Waals surface area (Å²) >= 11 is 0. The van der Waals surface area contributed by atoms with Gasteiger partial charge in [0.1, 0.15) is 5.76 Å². The van der Waals surface area contributed by atoms with Crippen LogP contribution < -0.4 is 5.32 Å². The minimum atomic E-state index is 0.0873. The summed E-state index contributed by atoms with van der Waals surface area (Å²) in [5.74, 6) is 1.71. The van der Waals surface area contributed by atoms with Gasteiger partial charge < -0.3 is 9.73 Å². The smallest absolute Gasteiger partial charge is 0.223 e. The van der Waals surface area contributed by atoms with E-state index in [0.29, 0.717) is 24.0 Å². The number of hydrogen-bond acceptors (Lipinski definition) is 5. The Bertz CT molecular complexity index is 675. The van der Waals surface area contributed by atoms with Gasteiger partial charge in [-0.15, -0.1) is 0 Å². The van der Waals surface area contributed by atoms with Gasteiger partial charge in [-0.3, -0.25) is 4.79 Å². The van der Waals surface area contributed by atoms with Crippen molar-refractivity contribution >= 4 is 11.7 Å². The van der Waals surface area contributed by atoms with Crippen molar-refractivity contribution in [2.45, 2.75) is 50.5 Å². The van der Waals surface area contributed by atoms with E-state index in [1.807, 2.05) is 12.1 Å². The molecule has 4 rings (SSSR count). The number of rotatable bonds is 3. The van der Waals surface area contributed by atoms with E-state index < -0.39 is 0 Å². The maximum atomic E-state index is 12.3. The highest BCUT2D eigenvalue weighted by atomic mass is 16.3. The Balaban J connectivity index is 1.58. The van der Waals surface area contributed by atoms with Crippen LogP contribution in [0.2, 0.25) is 0 Å². The van der Waals surface area contributed by atoms with E-state index in [2.05, 4.69) is 15.3 Å². The zero-order chi connectivity index (χ0) is 14.9. The number of anilines is 1. The van der Waals surface area contributed by atoms with Gasteiger partial charge in [-0.2, -0.15) is 0 Å². The van der Waals surface area contributed by atoms with Crippen LogP contribution in [-0.2, 0) is 6.42 Å². The molecule has 2 aromatic heterocycles. The van der Waals surface area contributed by atoms with Gasteiger partial charge in [-0.1, -0.05) is 12.8 Å². The van der Waals surface area contributed by atoms with Crippen molar-refractivity contribution in [3.8, 4) is 0 Å². The first kappa shape index (κ1) is 13.5. The summed E-state index contributed by atoms with van der Waals surface area (Å²) in [7, 11) is 0. The molecule has 1 atom stereocenters. The number of hydrogen-bond donors (Lipinski definition) is 1. The number of nitrogens with one attached hydrogen (secondary N) is 1. The quantitative estimate of drug-likeness (QED) is 0.941. The zero-order valence-corrected chi connectivity index (χ0v) is 12.4. The molecule has 0 aromatic carbocycles. The van der Waals surface area contributed by atoms with Crippen LogP contribution in [0.25, 0.3) is 0 Å². The van der Waals surface area contributed by atoms with Crippen LogP contribution in [-0.4, -0.2) is 21.8 Å². The predicted octanol–water partition coefficient (Wildman–Crippen LogP) is 3.34. The number of Topliss-reactive ketones (excluding diaryl/α,β-unsaturated/α-hetero) is 1. The maximum absolute atomic E-state index is 12.3. The Kier molecular flexibility index (Phi) is 3.41. The molecule has 5 heteroatoms. The summed E-state index contributed by atoms with van der Waals surface area (Å²) in [6, 6.07) is 4.27. The van der Waals surface area contributed by atoms with E-state index in [4.69, 9.17) is 4.42 Å². The number of furan rings is 1. The Morgan fingerprint density at radius 1 is 1.23 bits per heavy atom. The molecule has 0 saturated heterocycles. The molecular formula is C17H19N3O2. The predicted molar refractivity (Wildman–Crippen MR) is 82.0 cm³/mol. The third-order valence-corrected chi connectivity index (χ3v) is 4.67. The number of fused-ring (bicyclic) bond motifs is 1. The molecule has 0 amide bonds. The average Bonchev–Trinajstić information content (AvgIpc) is 3.20. The summed E-state index contributed by atoms with van der Waals surface area (Å²) in [5, 5.41) is 3.40. The first-order valence-electron chi connectivity index (χ1n) is 7.98. The molecule has 1 saturated carbocycles. The van der Waals surface area contributed by atoms with Gasteiger partial charge in [0.15, 0.2) is 5.78 Å². The second-order valence-corrected chi connectivity index (χ2v) is 6.22. The molecule has 0 radical (unpaired) electrons. The van der Waals surface area contributed by atoms with Gasteiger partial charge in [0, 0.05) is 31.0 Å². The van der Waals surface area contributed by atoms with Crippen molar-refractivity contribution in [3.63, 3.8) is 0 Å². The summed E-state index contributed by atoms with van der Waals surface area (Å²) in [5.41, 5.74) is 1.51. The molecule has 0 spiro atoms. The summed E-state index contributed by atoms with van der Waals surface area (Å²) in [6.45, 7) is 0. The number of aromatic nitrogens is 2. The Morgan fingerprint density at radius 3 is 2.86 bits per heavy atom. The second-order valence-electron chi connectivity index (χ2n) is 6.22. The molecule has 2 aliphatic rings. The lowest BCUT2D eigenvalue weighted by Gasteiger charge is -2.22. The van der Waals surface area contributed by atoms with Gasteiger partial charge in [0.05, 0.1) is 17.5 Å². The first-order valence-corrected chi connectivity index (χ1v) is 7.98. The minimum Gasteiger partial charge on any atom is -0.469 e. The fourth-order valence-electron chi connectivity index (χ4n) is 3.49. The Hall–Kier alpha value is -2.17. The monoisotopic (exact) mass is 297 g/mol. The molecule has 114 valence electrons. The van der Waals surface area contributed by atoms with Crippen LogP contribution in [0, 0.1) is 0 Å². The van der Waals surface area contributed by atoms with Crippen molar-refractivity contribution in [1.29, 1.82) is 0 Å². The topological polar surface area (TPSA) is 68.0 Å². The van der Waals surface area contributed by atoms with Crippen molar-refractivity contribution in [3.05, 3.63) is 41.6 Å². The molecule has 1 N–H and O–H groups in total. The molecule has 0 aliphatic heterocycles. The van der Waals surface area contributed by atoms with Gasteiger partial charge in [0.2, 0.25) is 5.95 Å². The number of carbonyl (C=O) groups is 1. The van der Waals surface area contributed by atoms with E-state index in [9.17, 15) is 4.79 Å². The van der Waals surface area contributed by atoms with Crippen molar-refractivity contribution in [1.82, 2.24) is 9.97 Å². The molecule has 2 aromatic rings. The lowest BCUT2D eigenvalue weighted by atomic mass is 9.85. The average molecular weight is 297 g/mol. The van der Waals surface area contributed by atoms with E-state index in [0.717, 1.165) is 17.9 Å². The fraction of sp³-hybridized carbons (Fsp3) is 0.471. The third-order valence-electron chi connectivity index (χ3n) is 4.67. The lowest BCUT2D eigenvalue weighted by molar-refractivity contribution is 0.0958. The van der Waals surface area contributed by atoms with Crippen molar-refractivity contribution < 1.29 is 9.21 Å². The number of ketones is 1. The van der Waals surface area contributed by atoms with E-state index in [1.54, 1.807) is 12.5 Å². The number of nitrogens with zero attached hydrogens (tertiary/aromatic N) is 2. The van der Waals surface area contributed by atoms with E-state index in [-0.39, 0.29) is 11.7 Å². The Morgan fingerprint density at radius 2 is 2.09 bits per heavy atom. The Labute approximate surface area is 129 Å². The highest BCUT2D eigenvalue weighted by Crippen LogP contribution is 2.32. The van der Waals surface area contributed by atoms with Gasteiger partial charge >= 0.3 is 0 Å². The van der Waals surface area contributed by atoms with Crippen molar-refractivity contribution in [2.24, 2.45) is 0 Å². The summed E-state index contributed by atoms with van der Waals surface area (Å²) < 4.78 is 5.46. The van der Waals surface area contributed by atoms with Crippen LogP contribution in [0.4, 0.5) is 5.95 Å². The summed E-state index contributed by atoms with van der Waals surface area (Å²) in [4.78, 5) is 21.2. The molecule has 1 fully saturated rings. The van der Waals surface area contributed by atoms with Crippen LogP contribution in [0.15, 0.2) is 29.0 Å². The molecule has 2 aliphatic carbocycles. The van der Waals surface area contributed by atoms with Gasteiger partial charge in [-0.25, -0.2) is 9.97 Å². The van der Waals surface area contributed by atoms with Crippen LogP contribution in [0.3, 0.4) is 0 Å². The van der Waals surface area contributed by atoms with Gasteiger partial charge in [-0.05, 0) is 25.0 Å². The molecule has 5 nitrogen and oxygen atoms in total. The maximum Gasteiger partial charge on any atom is 0.223 e. The first-order chi connectivity index (χ1) is 10.8. The fourth-order valence-corrected chi connectivity index (χ4v) is 3.49. The summed E-state index contributed by atoms with van der Waals surface area (Å²) in [6.07, 6.45) is 9.42. The number of carbonyl (C=O) groups excluding carboxylic acids is 1. The standard InChI is InChI=1S/C17H19N3O2/c21-15-9-11(16-6-3-7-22-16)8-14-13(15)10-18-17(20-14)19-12-4-1-2-5-12/h3,6-7,10-12H,1-2,4-5,8-9H2,(H,18,19,20)/t11-/m1/s1. The second kappa shape index (κ2) is 5.55.